The molecule has 3 rings (SSSR count). The Hall–Kier alpha value is -2.46. The van der Waals surface area contributed by atoms with E-state index in [4.69, 9.17) is 10.5 Å². The minimum atomic E-state index is -0.452. The molecular formula is C19H21N3O. The predicted molar refractivity (Wildman–Crippen MR) is 92.5 cm³/mol. The zero-order valence-corrected chi connectivity index (χ0v) is 13.5. The van der Waals surface area contributed by atoms with Crippen molar-refractivity contribution in [1.82, 2.24) is 9.97 Å². The van der Waals surface area contributed by atoms with Crippen molar-refractivity contribution < 1.29 is 4.74 Å². The molecule has 23 heavy (non-hydrogen) atoms. The molecule has 0 amide bonds. The monoisotopic (exact) mass is 307 g/mol. The van der Waals surface area contributed by atoms with Gasteiger partial charge in [0.05, 0.1) is 11.1 Å². The zero-order valence-electron chi connectivity index (χ0n) is 13.5. The van der Waals surface area contributed by atoms with Crippen LogP contribution in [0.15, 0.2) is 54.7 Å². The van der Waals surface area contributed by atoms with Crippen LogP contribution in [-0.4, -0.2) is 22.1 Å². The Morgan fingerprint density at radius 3 is 2.65 bits per heavy atom. The molecule has 0 spiro atoms. The molecule has 3 aromatic rings. The Morgan fingerprint density at radius 2 is 1.87 bits per heavy atom. The van der Waals surface area contributed by atoms with Crippen molar-refractivity contribution in [3.05, 3.63) is 66.0 Å². The van der Waals surface area contributed by atoms with Crippen LogP contribution in [-0.2, 0) is 6.42 Å². The third-order valence-corrected chi connectivity index (χ3v) is 3.79. The normalized spacial score (nSPS) is 13.7. The summed E-state index contributed by atoms with van der Waals surface area (Å²) in [6.07, 6.45) is 2.52. The molecule has 4 nitrogen and oxygen atoms in total. The van der Waals surface area contributed by atoms with Crippen LogP contribution < -0.4 is 10.5 Å². The average molecular weight is 307 g/mol. The Labute approximate surface area is 136 Å². The number of aryl methyl sites for hydroxylation is 1. The number of pyridine rings is 2. The van der Waals surface area contributed by atoms with Gasteiger partial charge in [-0.3, -0.25) is 4.98 Å². The van der Waals surface area contributed by atoms with Crippen LogP contribution in [0.1, 0.15) is 18.2 Å². The molecule has 0 fully saturated rings. The smallest absolute Gasteiger partial charge is 0.213 e. The van der Waals surface area contributed by atoms with Gasteiger partial charge in [-0.05, 0) is 38.0 Å². The van der Waals surface area contributed by atoms with E-state index < -0.39 is 5.54 Å². The Morgan fingerprint density at radius 1 is 1.09 bits per heavy atom. The third-order valence-electron chi connectivity index (χ3n) is 3.79. The number of nitrogens with zero attached hydrogens (tertiary/aromatic N) is 2. The molecule has 2 N–H and O–H groups in total. The molecule has 4 heteroatoms. The summed E-state index contributed by atoms with van der Waals surface area (Å²) in [6, 6.07) is 16.0. The topological polar surface area (TPSA) is 61.0 Å². The summed E-state index contributed by atoms with van der Waals surface area (Å²) in [7, 11) is 0. The minimum absolute atomic E-state index is 0.407. The molecule has 1 atom stereocenters. The number of ether oxygens (including phenoxy) is 1. The number of aromatic nitrogens is 2. The highest BCUT2D eigenvalue weighted by Gasteiger charge is 2.20. The molecule has 2 aromatic heterocycles. The SMILES string of the molecule is Cc1nccc2nc(OCC(C)(N)Cc3ccccc3)ccc12. The number of fused-ring (bicyclic) bond motifs is 1. The molecule has 0 aliphatic heterocycles. The standard InChI is InChI=1S/C19H21N3O/c1-14-16-8-9-18(22-17(16)10-11-21-14)23-13-19(2,20)12-15-6-4-3-5-7-15/h3-11H,12-13,20H2,1-2H3. The summed E-state index contributed by atoms with van der Waals surface area (Å²) >= 11 is 0. The summed E-state index contributed by atoms with van der Waals surface area (Å²) in [6.45, 7) is 4.38. The third kappa shape index (κ3) is 3.85. The molecule has 0 saturated heterocycles. The summed E-state index contributed by atoms with van der Waals surface area (Å²) in [5.74, 6) is 0.591. The number of hydrogen-bond donors (Lipinski definition) is 1. The van der Waals surface area contributed by atoms with E-state index in [1.807, 2.05) is 50.2 Å². The second-order valence-corrected chi connectivity index (χ2v) is 6.22. The van der Waals surface area contributed by atoms with E-state index in [0.717, 1.165) is 23.0 Å². The Balaban J connectivity index is 1.70. The van der Waals surface area contributed by atoms with Crippen LogP contribution in [0.5, 0.6) is 5.88 Å². The first-order valence-corrected chi connectivity index (χ1v) is 7.71. The number of rotatable bonds is 5. The lowest BCUT2D eigenvalue weighted by Gasteiger charge is -2.24. The maximum absolute atomic E-state index is 6.37. The lowest BCUT2D eigenvalue weighted by atomic mass is 9.95. The van der Waals surface area contributed by atoms with Gasteiger partial charge in [-0.1, -0.05) is 30.3 Å². The van der Waals surface area contributed by atoms with Crippen molar-refractivity contribution in [1.29, 1.82) is 0 Å². The van der Waals surface area contributed by atoms with Gasteiger partial charge < -0.3 is 10.5 Å². The number of hydrogen-bond acceptors (Lipinski definition) is 4. The first kappa shape index (κ1) is 15.4. The van der Waals surface area contributed by atoms with Gasteiger partial charge in [0, 0.05) is 23.3 Å². The first-order chi connectivity index (χ1) is 11.0. The summed E-state index contributed by atoms with van der Waals surface area (Å²) < 4.78 is 5.83. The highest BCUT2D eigenvalue weighted by atomic mass is 16.5. The Kier molecular flexibility index (Phi) is 4.26. The van der Waals surface area contributed by atoms with Gasteiger partial charge in [0.15, 0.2) is 0 Å². The van der Waals surface area contributed by atoms with Crippen LogP contribution in [0.25, 0.3) is 10.9 Å². The fourth-order valence-corrected chi connectivity index (χ4v) is 2.61. The van der Waals surface area contributed by atoms with Crippen LogP contribution in [0.4, 0.5) is 0 Å². The van der Waals surface area contributed by atoms with Gasteiger partial charge >= 0.3 is 0 Å². The lowest BCUT2D eigenvalue weighted by Crippen LogP contribution is -2.44. The van der Waals surface area contributed by atoms with Crippen LogP contribution in [0, 0.1) is 6.92 Å². The van der Waals surface area contributed by atoms with Crippen LogP contribution in [0.2, 0.25) is 0 Å². The molecule has 0 radical (unpaired) electrons. The molecular weight excluding hydrogens is 286 g/mol. The van der Waals surface area contributed by atoms with E-state index in [-0.39, 0.29) is 0 Å². The highest BCUT2D eigenvalue weighted by Crippen LogP contribution is 2.19. The van der Waals surface area contributed by atoms with Gasteiger partial charge in [0.1, 0.15) is 6.61 Å². The summed E-state index contributed by atoms with van der Waals surface area (Å²) in [5, 5.41) is 1.04. The molecule has 0 aliphatic carbocycles. The Bertz CT molecular complexity index is 800. The summed E-state index contributed by atoms with van der Waals surface area (Å²) in [5.41, 5.74) is 8.97. The van der Waals surface area contributed by atoms with E-state index in [9.17, 15) is 0 Å². The van der Waals surface area contributed by atoms with Gasteiger partial charge in [0.25, 0.3) is 0 Å². The van der Waals surface area contributed by atoms with Crippen molar-refractivity contribution in [2.75, 3.05) is 6.61 Å². The largest absolute Gasteiger partial charge is 0.476 e. The molecule has 0 bridgehead atoms. The van der Waals surface area contributed by atoms with Crippen molar-refractivity contribution >= 4 is 10.9 Å². The van der Waals surface area contributed by atoms with Gasteiger partial charge in [-0.2, -0.15) is 0 Å². The predicted octanol–water partition coefficient (Wildman–Crippen LogP) is 3.28. The number of benzene rings is 1. The molecule has 1 unspecified atom stereocenters. The zero-order chi connectivity index (χ0) is 16.3. The lowest BCUT2D eigenvalue weighted by molar-refractivity contribution is 0.222. The van der Waals surface area contributed by atoms with E-state index in [1.54, 1.807) is 6.20 Å². The molecule has 2 heterocycles. The average Bonchev–Trinajstić information content (AvgIpc) is 2.54. The molecule has 1 aromatic carbocycles. The van der Waals surface area contributed by atoms with E-state index in [2.05, 4.69) is 22.1 Å². The number of nitrogens with two attached hydrogens (primary N) is 1. The van der Waals surface area contributed by atoms with E-state index >= 15 is 0 Å². The summed E-state index contributed by atoms with van der Waals surface area (Å²) in [4.78, 5) is 8.80. The van der Waals surface area contributed by atoms with Gasteiger partial charge in [-0.15, -0.1) is 0 Å². The quantitative estimate of drug-likeness (QED) is 0.786. The van der Waals surface area contributed by atoms with Gasteiger partial charge in [0.2, 0.25) is 5.88 Å². The first-order valence-electron chi connectivity index (χ1n) is 7.71. The van der Waals surface area contributed by atoms with E-state index in [0.29, 0.717) is 12.5 Å². The second-order valence-electron chi connectivity index (χ2n) is 6.22. The van der Waals surface area contributed by atoms with Gasteiger partial charge in [-0.25, -0.2) is 4.98 Å². The van der Waals surface area contributed by atoms with E-state index in [1.165, 1.54) is 5.56 Å². The highest BCUT2D eigenvalue weighted by molar-refractivity contribution is 5.80. The minimum Gasteiger partial charge on any atom is -0.476 e. The fraction of sp³-hybridized carbons (Fsp3) is 0.263. The second kappa shape index (κ2) is 6.34. The molecule has 0 saturated carbocycles. The molecule has 118 valence electrons. The van der Waals surface area contributed by atoms with Crippen molar-refractivity contribution in [2.24, 2.45) is 5.73 Å². The maximum atomic E-state index is 6.37. The van der Waals surface area contributed by atoms with Crippen molar-refractivity contribution in [3.8, 4) is 5.88 Å². The van der Waals surface area contributed by atoms with Crippen molar-refractivity contribution in [3.63, 3.8) is 0 Å². The fourth-order valence-electron chi connectivity index (χ4n) is 2.61. The molecule has 0 aliphatic rings. The van der Waals surface area contributed by atoms with Crippen LogP contribution in [0.3, 0.4) is 0 Å². The maximum Gasteiger partial charge on any atom is 0.213 e. The van der Waals surface area contributed by atoms with Crippen molar-refractivity contribution in [2.45, 2.75) is 25.8 Å². The van der Waals surface area contributed by atoms with Crippen LogP contribution >= 0.6 is 0 Å².